The lowest BCUT2D eigenvalue weighted by Crippen LogP contribution is -2.09. The molecule has 0 spiro atoms. The van der Waals surface area contributed by atoms with Gasteiger partial charge in [-0.05, 0) is 6.07 Å². The van der Waals surface area contributed by atoms with E-state index in [0.717, 1.165) is 5.46 Å². The molecular weight excluding hydrogens is 294 g/mol. The highest BCUT2D eigenvalue weighted by Gasteiger charge is 2.26. The third-order valence-electron chi connectivity index (χ3n) is 2.70. The van der Waals surface area contributed by atoms with E-state index in [-0.39, 0.29) is 0 Å². The molecule has 0 unspecified atom stereocenters. The van der Waals surface area contributed by atoms with Gasteiger partial charge in [0, 0.05) is 4.90 Å². The van der Waals surface area contributed by atoms with Crippen LogP contribution in [0, 0.1) is 29.1 Å². The summed E-state index contributed by atoms with van der Waals surface area (Å²) in [6.07, 6.45) is 0. The average Bonchev–Trinajstić information content (AvgIpc) is 2.48. The monoisotopic (exact) mass is 302 g/mol. The van der Waals surface area contributed by atoms with Gasteiger partial charge in [0.1, 0.15) is 0 Å². The van der Waals surface area contributed by atoms with Gasteiger partial charge >= 0.3 is 0 Å². The largest absolute Gasteiger partial charge is 0.202 e. The number of rotatable bonds is 3. The van der Waals surface area contributed by atoms with Crippen LogP contribution in [0.4, 0.5) is 22.0 Å². The SMILES string of the molecule is CBc1cccc(Sc2c(F)c(F)c(F)c(F)c2F)c1. The fourth-order valence-electron chi connectivity index (χ4n) is 1.62. The van der Waals surface area contributed by atoms with Crippen LogP contribution in [0.2, 0.25) is 6.82 Å². The van der Waals surface area contributed by atoms with Gasteiger partial charge in [0.15, 0.2) is 30.5 Å². The van der Waals surface area contributed by atoms with Crippen molar-refractivity contribution in [1.29, 1.82) is 0 Å². The summed E-state index contributed by atoms with van der Waals surface area (Å²) in [5.41, 5.74) is 0.902. The van der Waals surface area contributed by atoms with E-state index in [4.69, 9.17) is 0 Å². The summed E-state index contributed by atoms with van der Waals surface area (Å²) >= 11 is 0.511. The molecule has 0 aromatic heterocycles. The van der Waals surface area contributed by atoms with Crippen molar-refractivity contribution in [1.82, 2.24) is 0 Å². The van der Waals surface area contributed by atoms with Crippen molar-refractivity contribution in [2.45, 2.75) is 16.6 Å². The molecule has 0 radical (unpaired) electrons. The summed E-state index contributed by atoms with van der Waals surface area (Å²) < 4.78 is 66.1. The molecule has 0 atom stereocenters. The summed E-state index contributed by atoms with van der Waals surface area (Å²) in [6, 6.07) is 6.65. The molecule has 7 heteroatoms. The minimum absolute atomic E-state index is 0.410. The van der Waals surface area contributed by atoms with Gasteiger partial charge in [0.2, 0.25) is 5.82 Å². The molecule has 0 fully saturated rings. The number of hydrogen-bond acceptors (Lipinski definition) is 1. The van der Waals surface area contributed by atoms with E-state index in [1.54, 1.807) is 18.2 Å². The van der Waals surface area contributed by atoms with Gasteiger partial charge < -0.3 is 0 Å². The first kappa shape index (κ1) is 14.9. The van der Waals surface area contributed by atoms with Crippen LogP contribution in [0.15, 0.2) is 34.1 Å². The number of hydrogen-bond donors (Lipinski definition) is 0. The predicted molar refractivity (Wildman–Crippen MR) is 69.4 cm³/mol. The normalized spacial score (nSPS) is 10.7. The average molecular weight is 302 g/mol. The minimum atomic E-state index is -2.15. The Balaban J connectivity index is 2.48. The summed E-state index contributed by atoms with van der Waals surface area (Å²) in [7, 11) is 0.700. The molecule has 0 aliphatic heterocycles. The van der Waals surface area contributed by atoms with Crippen molar-refractivity contribution >= 4 is 24.5 Å². The molecule has 0 saturated heterocycles. The second-order valence-electron chi connectivity index (χ2n) is 4.00. The number of halogens is 5. The molecule has 0 aliphatic carbocycles. The Morgan fingerprint density at radius 3 is 1.95 bits per heavy atom. The van der Waals surface area contributed by atoms with E-state index >= 15 is 0 Å². The van der Waals surface area contributed by atoms with Gasteiger partial charge in [-0.2, -0.15) is 0 Å². The second kappa shape index (κ2) is 5.87. The first-order valence-corrected chi connectivity index (χ1v) is 6.55. The van der Waals surface area contributed by atoms with Crippen molar-refractivity contribution in [3.63, 3.8) is 0 Å². The van der Waals surface area contributed by atoms with Crippen LogP contribution in [0.3, 0.4) is 0 Å². The quantitative estimate of drug-likeness (QED) is 0.361. The zero-order valence-electron chi connectivity index (χ0n) is 10.3. The van der Waals surface area contributed by atoms with E-state index in [2.05, 4.69) is 0 Å². The van der Waals surface area contributed by atoms with Gasteiger partial charge in [-0.3, -0.25) is 0 Å². The highest BCUT2D eigenvalue weighted by molar-refractivity contribution is 7.99. The Hall–Kier alpha value is -1.50. The van der Waals surface area contributed by atoms with Crippen LogP contribution >= 0.6 is 11.8 Å². The topological polar surface area (TPSA) is 0 Å². The van der Waals surface area contributed by atoms with Crippen molar-refractivity contribution in [2.75, 3.05) is 0 Å². The molecular formula is C13H8BF5S. The fourth-order valence-corrected chi connectivity index (χ4v) is 2.57. The van der Waals surface area contributed by atoms with Gasteiger partial charge in [-0.25, -0.2) is 22.0 Å². The predicted octanol–water partition coefficient (Wildman–Crippen LogP) is 3.64. The maximum Gasteiger partial charge on any atom is 0.200 e. The summed E-state index contributed by atoms with van der Waals surface area (Å²) in [4.78, 5) is -0.484. The Kier molecular flexibility index (Phi) is 4.37. The lowest BCUT2D eigenvalue weighted by Gasteiger charge is -2.08. The molecule has 0 N–H and O–H groups in total. The summed E-state index contributed by atoms with van der Waals surface area (Å²) in [6.45, 7) is 1.89. The number of benzene rings is 2. The summed E-state index contributed by atoms with van der Waals surface area (Å²) in [5, 5.41) is 0. The molecule has 2 rings (SSSR count). The fraction of sp³-hybridized carbons (Fsp3) is 0.0769. The third-order valence-corrected chi connectivity index (χ3v) is 3.75. The molecule has 104 valence electrons. The molecule has 0 heterocycles. The van der Waals surface area contributed by atoms with Gasteiger partial charge in [0.05, 0.1) is 4.90 Å². The molecule has 0 nitrogen and oxygen atoms in total. The van der Waals surface area contributed by atoms with E-state index in [0.29, 0.717) is 23.9 Å². The summed E-state index contributed by atoms with van der Waals surface area (Å²) in [5.74, 6) is -9.63. The first-order valence-electron chi connectivity index (χ1n) is 5.74. The zero-order chi connectivity index (χ0) is 14.9. The minimum Gasteiger partial charge on any atom is -0.202 e. The Labute approximate surface area is 117 Å². The third kappa shape index (κ3) is 2.68. The Bertz CT molecular complexity index is 630. The van der Waals surface area contributed by atoms with E-state index in [1.807, 2.05) is 12.9 Å². The zero-order valence-corrected chi connectivity index (χ0v) is 11.1. The Morgan fingerprint density at radius 1 is 0.850 bits per heavy atom. The maximum absolute atomic E-state index is 13.5. The maximum atomic E-state index is 13.5. The molecule has 2 aromatic rings. The van der Waals surface area contributed by atoms with Crippen LogP contribution in [0.1, 0.15) is 0 Å². The van der Waals surface area contributed by atoms with E-state index in [1.165, 1.54) is 0 Å². The lowest BCUT2D eigenvalue weighted by molar-refractivity contribution is 0.361. The van der Waals surface area contributed by atoms with E-state index < -0.39 is 34.0 Å². The Morgan fingerprint density at radius 2 is 1.40 bits per heavy atom. The molecule has 0 bridgehead atoms. The van der Waals surface area contributed by atoms with Crippen molar-refractivity contribution in [2.24, 2.45) is 0 Å². The van der Waals surface area contributed by atoms with Gasteiger partial charge in [0.25, 0.3) is 0 Å². The molecule has 2 aromatic carbocycles. The van der Waals surface area contributed by atoms with Gasteiger partial charge in [-0.15, -0.1) is 0 Å². The molecule has 0 saturated carbocycles. The lowest BCUT2D eigenvalue weighted by atomic mass is 9.74. The highest BCUT2D eigenvalue weighted by atomic mass is 32.2. The van der Waals surface area contributed by atoms with Crippen LogP contribution in [0.25, 0.3) is 0 Å². The second-order valence-corrected chi connectivity index (χ2v) is 5.09. The highest BCUT2D eigenvalue weighted by Crippen LogP contribution is 2.35. The first-order chi connectivity index (χ1) is 9.45. The molecule has 20 heavy (non-hydrogen) atoms. The standard InChI is InChI=1S/C13H8BF5S/c1-14-6-3-2-4-7(5-6)20-13-11(18)9(16)8(15)10(17)12(13)19/h2-5,14H,1H3. The van der Waals surface area contributed by atoms with Crippen LogP contribution in [-0.2, 0) is 0 Å². The molecule has 0 amide bonds. The van der Waals surface area contributed by atoms with E-state index in [9.17, 15) is 22.0 Å². The van der Waals surface area contributed by atoms with Crippen molar-refractivity contribution in [3.8, 4) is 0 Å². The van der Waals surface area contributed by atoms with Crippen LogP contribution < -0.4 is 5.46 Å². The van der Waals surface area contributed by atoms with Crippen molar-refractivity contribution in [3.05, 3.63) is 53.4 Å². The van der Waals surface area contributed by atoms with Crippen molar-refractivity contribution < 1.29 is 22.0 Å². The molecule has 0 aliphatic rings. The van der Waals surface area contributed by atoms with Crippen LogP contribution in [0.5, 0.6) is 0 Å². The van der Waals surface area contributed by atoms with Crippen LogP contribution in [-0.4, -0.2) is 7.28 Å². The van der Waals surface area contributed by atoms with Gasteiger partial charge in [-0.1, -0.05) is 42.2 Å². The smallest absolute Gasteiger partial charge is 0.200 e.